The number of nitrogens with one attached hydrogen (secondary N) is 1. The highest BCUT2D eigenvalue weighted by molar-refractivity contribution is 5.38. The van der Waals surface area contributed by atoms with Crippen LogP contribution in [0.2, 0.25) is 0 Å². The second-order valence-corrected chi connectivity index (χ2v) is 4.14. The zero-order chi connectivity index (χ0) is 9.84. The summed E-state index contributed by atoms with van der Waals surface area (Å²) >= 11 is 0. The standard InChI is InChI=1S/C10H19N3/c1-8(2)6-13-7-10(5-11-13)12-9(3)4/h5,7-9,12H,6H2,1-4H3. The Labute approximate surface area is 80.1 Å². The maximum Gasteiger partial charge on any atom is 0.0728 e. The molecule has 0 amide bonds. The van der Waals surface area contributed by atoms with Gasteiger partial charge in [-0.2, -0.15) is 5.10 Å². The third-order valence-corrected chi connectivity index (χ3v) is 1.64. The van der Waals surface area contributed by atoms with Gasteiger partial charge in [0.15, 0.2) is 0 Å². The van der Waals surface area contributed by atoms with Crippen LogP contribution < -0.4 is 5.32 Å². The van der Waals surface area contributed by atoms with E-state index in [4.69, 9.17) is 0 Å². The molecule has 13 heavy (non-hydrogen) atoms. The molecule has 0 radical (unpaired) electrons. The Balaban J connectivity index is 2.53. The fourth-order valence-corrected chi connectivity index (χ4v) is 1.25. The highest BCUT2D eigenvalue weighted by Crippen LogP contribution is 2.07. The molecule has 0 atom stereocenters. The third-order valence-electron chi connectivity index (χ3n) is 1.64. The first-order valence-corrected chi connectivity index (χ1v) is 4.87. The van der Waals surface area contributed by atoms with Crippen LogP contribution in [0.15, 0.2) is 12.4 Å². The zero-order valence-electron chi connectivity index (χ0n) is 8.91. The van der Waals surface area contributed by atoms with Crippen molar-refractivity contribution in [1.29, 1.82) is 0 Å². The largest absolute Gasteiger partial charge is 0.380 e. The molecule has 0 saturated heterocycles. The van der Waals surface area contributed by atoms with E-state index in [9.17, 15) is 0 Å². The molecule has 3 nitrogen and oxygen atoms in total. The van der Waals surface area contributed by atoms with Gasteiger partial charge in [0, 0.05) is 18.8 Å². The minimum atomic E-state index is 0.469. The van der Waals surface area contributed by atoms with E-state index in [0.717, 1.165) is 12.2 Å². The van der Waals surface area contributed by atoms with E-state index in [1.54, 1.807) is 0 Å². The summed E-state index contributed by atoms with van der Waals surface area (Å²) in [5.41, 5.74) is 1.11. The molecule has 1 N–H and O–H groups in total. The van der Waals surface area contributed by atoms with Crippen molar-refractivity contribution in [1.82, 2.24) is 9.78 Å². The van der Waals surface area contributed by atoms with E-state index in [-0.39, 0.29) is 0 Å². The first-order valence-electron chi connectivity index (χ1n) is 4.87. The van der Waals surface area contributed by atoms with E-state index in [2.05, 4.69) is 44.3 Å². The molecule has 3 heteroatoms. The molecule has 0 bridgehead atoms. The highest BCUT2D eigenvalue weighted by Gasteiger charge is 2.00. The zero-order valence-corrected chi connectivity index (χ0v) is 8.91. The molecule has 0 aliphatic heterocycles. The Bertz CT molecular complexity index is 226. The summed E-state index contributed by atoms with van der Waals surface area (Å²) in [5.74, 6) is 0.645. The van der Waals surface area contributed by atoms with Crippen molar-refractivity contribution in [3.8, 4) is 0 Å². The lowest BCUT2D eigenvalue weighted by Gasteiger charge is -2.06. The van der Waals surface area contributed by atoms with Crippen molar-refractivity contribution < 1.29 is 0 Å². The SMILES string of the molecule is CC(C)Cn1cc(NC(C)C)cn1. The van der Waals surface area contributed by atoms with Gasteiger partial charge in [0.1, 0.15) is 0 Å². The summed E-state index contributed by atoms with van der Waals surface area (Å²) in [6.07, 6.45) is 3.93. The predicted molar refractivity (Wildman–Crippen MR) is 55.8 cm³/mol. The molecule has 0 aromatic carbocycles. The summed E-state index contributed by atoms with van der Waals surface area (Å²) < 4.78 is 1.98. The van der Waals surface area contributed by atoms with Gasteiger partial charge in [-0.1, -0.05) is 13.8 Å². The number of aromatic nitrogens is 2. The summed E-state index contributed by atoms with van der Waals surface area (Å²) in [5, 5.41) is 7.58. The van der Waals surface area contributed by atoms with Crippen LogP contribution in [0.5, 0.6) is 0 Å². The maximum atomic E-state index is 4.26. The van der Waals surface area contributed by atoms with Gasteiger partial charge in [0.05, 0.1) is 11.9 Å². The molecular formula is C10H19N3. The van der Waals surface area contributed by atoms with Crippen molar-refractivity contribution in [2.75, 3.05) is 5.32 Å². The van der Waals surface area contributed by atoms with Crippen LogP contribution in [0.3, 0.4) is 0 Å². The smallest absolute Gasteiger partial charge is 0.0728 e. The number of hydrogen-bond donors (Lipinski definition) is 1. The molecular weight excluding hydrogens is 162 g/mol. The second kappa shape index (κ2) is 4.30. The van der Waals surface area contributed by atoms with E-state index in [0.29, 0.717) is 12.0 Å². The Hall–Kier alpha value is -0.990. The number of anilines is 1. The molecule has 1 aromatic rings. The van der Waals surface area contributed by atoms with Gasteiger partial charge in [-0.15, -0.1) is 0 Å². The Morgan fingerprint density at radius 3 is 2.62 bits per heavy atom. The molecule has 0 aliphatic rings. The lowest BCUT2D eigenvalue weighted by molar-refractivity contribution is 0.483. The molecule has 0 unspecified atom stereocenters. The molecule has 1 heterocycles. The second-order valence-electron chi connectivity index (χ2n) is 4.14. The average molecular weight is 181 g/mol. The first kappa shape index (κ1) is 10.1. The minimum Gasteiger partial charge on any atom is -0.380 e. The molecule has 0 fully saturated rings. The van der Waals surface area contributed by atoms with E-state index >= 15 is 0 Å². The van der Waals surface area contributed by atoms with Crippen LogP contribution in [-0.2, 0) is 6.54 Å². The van der Waals surface area contributed by atoms with Crippen molar-refractivity contribution in [3.05, 3.63) is 12.4 Å². The lowest BCUT2D eigenvalue weighted by atomic mass is 10.2. The predicted octanol–water partition coefficient (Wildman–Crippen LogP) is 2.36. The molecule has 0 saturated carbocycles. The quantitative estimate of drug-likeness (QED) is 0.772. The van der Waals surface area contributed by atoms with Gasteiger partial charge in [0.25, 0.3) is 0 Å². The van der Waals surface area contributed by atoms with Gasteiger partial charge in [0.2, 0.25) is 0 Å². The topological polar surface area (TPSA) is 29.9 Å². The van der Waals surface area contributed by atoms with Crippen molar-refractivity contribution in [2.24, 2.45) is 5.92 Å². The number of hydrogen-bond acceptors (Lipinski definition) is 2. The minimum absolute atomic E-state index is 0.469. The van der Waals surface area contributed by atoms with Gasteiger partial charge >= 0.3 is 0 Å². The summed E-state index contributed by atoms with van der Waals surface area (Å²) in [6, 6.07) is 0.469. The van der Waals surface area contributed by atoms with Crippen LogP contribution in [0.4, 0.5) is 5.69 Å². The Morgan fingerprint density at radius 2 is 2.08 bits per heavy atom. The van der Waals surface area contributed by atoms with Crippen molar-refractivity contribution in [2.45, 2.75) is 40.3 Å². The third kappa shape index (κ3) is 3.49. The molecule has 1 aromatic heterocycles. The molecule has 0 aliphatic carbocycles. The Kier molecular flexibility index (Phi) is 3.34. The number of nitrogens with zero attached hydrogens (tertiary/aromatic N) is 2. The maximum absolute atomic E-state index is 4.26. The van der Waals surface area contributed by atoms with E-state index in [1.807, 2.05) is 10.9 Å². The monoisotopic (exact) mass is 181 g/mol. The van der Waals surface area contributed by atoms with Gasteiger partial charge in [-0.05, 0) is 19.8 Å². The van der Waals surface area contributed by atoms with Gasteiger partial charge in [-0.25, -0.2) is 0 Å². The van der Waals surface area contributed by atoms with Gasteiger partial charge < -0.3 is 5.32 Å². The first-order chi connectivity index (χ1) is 6.08. The van der Waals surface area contributed by atoms with Crippen LogP contribution >= 0.6 is 0 Å². The lowest BCUT2D eigenvalue weighted by Crippen LogP contribution is -2.09. The molecule has 1 rings (SSSR count). The van der Waals surface area contributed by atoms with Crippen molar-refractivity contribution in [3.63, 3.8) is 0 Å². The fraction of sp³-hybridized carbons (Fsp3) is 0.700. The average Bonchev–Trinajstić information content (AvgIpc) is 2.33. The van der Waals surface area contributed by atoms with E-state index in [1.165, 1.54) is 0 Å². The summed E-state index contributed by atoms with van der Waals surface area (Å²) in [7, 11) is 0. The van der Waals surface area contributed by atoms with Crippen molar-refractivity contribution >= 4 is 5.69 Å². The summed E-state index contributed by atoms with van der Waals surface area (Å²) in [6.45, 7) is 9.62. The highest BCUT2D eigenvalue weighted by atomic mass is 15.3. The normalized spacial score (nSPS) is 11.2. The van der Waals surface area contributed by atoms with Gasteiger partial charge in [-0.3, -0.25) is 4.68 Å². The van der Waals surface area contributed by atoms with Crippen LogP contribution in [0.1, 0.15) is 27.7 Å². The fourth-order valence-electron chi connectivity index (χ4n) is 1.25. The molecule has 0 spiro atoms. The molecule has 74 valence electrons. The summed E-state index contributed by atoms with van der Waals surface area (Å²) in [4.78, 5) is 0. The van der Waals surface area contributed by atoms with Crippen LogP contribution in [-0.4, -0.2) is 15.8 Å². The van der Waals surface area contributed by atoms with Crippen LogP contribution in [0, 0.1) is 5.92 Å². The Morgan fingerprint density at radius 1 is 1.38 bits per heavy atom. The number of rotatable bonds is 4. The van der Waals surface area contributed by atoms with Crippen LogP contribution in [0.25, 0.3) is 0 Å². The van der Waals surface area contributed by atoms with E-state index < -0.39 is 0 Å².